The highest BCUT2D eigenvalue weighted by Crippen LogP contribution is 2.35. The first kappa shape index (κ1) is 69.6. The SMILES string of the molecule is CC(C)(C)c1ccc([I+]c2ccc(C(C)(C)C)cc2)cc1.COC(=O)c1ccccc1Sc1ccccc1.COC(=O)c1ccccc1[S+](c1ccccc1)c1ccc(C(C)(C)C)cc1.O=S(=O)([O-])C(F)(F)F.O=S(=O)([O-])C(F)(F)F. The zero-order chi connectivity index (χ0) is 61.2. The van der Waals surface area contributed by atoms with Gasteiger partial charge in [0, 0.05) is 9.79 Å². The van der Waals surface area contributed by atoms with Crippen LogP contribution in [-0.4, -0.2) is 63.1 Å². The van der Waals surface area contributed by atoms with Crippen LogP contribution in [0.1, 0.15) is 99.7 Å². The Morgan fingerprint density at radius 2 is 0.753 bits per heavy atom. The normalized spacial score (nSPS) is 12.2. The molecule has 0 aromatic heterocycles. The highest BCUT2D eigenvalue weighted by Gasteiger charge is 2.38. The molecular weight excluding hydrogens is 1250 g/mol. The van der Waals surface area contributed by atoms with Gasteiger partial charge >= 0.3 is 44.2 Å². The quantitative estimate of drug-likeness (QED) is 0.0337. The second-order valence-corrected chi connectivity index (χ2v) is 29.1. The van der Waals surface area contributed by atoms with E-state index in [1.807, 2.05) is 91.0 Å². The smallest absolute Gasteiger partial charge is 0.485 e. The molecule has 436 valence electrons. The van der Waals surface area contributed by atoms with Crippen LogP contribution in [0.3, 0.4) is 0 Å². The Hall–Kier alpha value is -5.69. The van der Waals surface area contributed by atoms with Crippen molar-refractivity contribution in [2.45, 2.75) is 114 Å². The van der Waals surface area contributed by atoms with Gasteiger partial charge in [0.2, 0.25) is 0 Å². The van der Waals surface area contributed by atoms with E-state index in [1.165, 1.54) is 47.8 Å². The van der Waals surface area contributed by atoms with Crippen LogP contribution in [0.2, 0.25) is 0 Å². The summed E-state index contributed by atoms with van der Waals surface area (Å²) >= 11 is 1.49. The summed E-state index contributed by atoms with van der Waals surface area (Å²) in [6, 6.07) is 62.6. The molecule has 0 bridgehead atoms. The number of hydrogen-bond donors (Lipinski definition) is 0. The largest absolute Gasteiger partial charge is 0.741 e. The van der Waals surface area contributed by atoms with Gasteiger partial charge in [-0.05, 0) is 118 Å². The van der Waals surface area contributed by atoms with Crippen LogP contribution < -0.4 is 21.2 Å². The number of halogens is 7. The Morgan fingerprint density at radius 1 is 0.444 bits per heavy atom. The summed E-state index contributed by atoms with van der Waals surface area (Å²) in [5, 5.41) is 0. The second kappa shape index (κ2) is 30.0. The van der Waals surface area contributed by atoms with Crippen molar-refractivity contribution < 1.29 is 92.6 Å². The summed E-state index contributed by atoms with van der Waals surface area (Å²) in [5.41, 5.74) is -5.36. The molecular formula is C60H63F6IO10S4. The summed E-state index contributed by atoms with van der Waals surface area (Å²) in [6.45, 7) is 20.2. The van der Waals surface area contributed by atoms with Gasteiger partial charge in [-0.1, -0.05) is 171 Å². The first-order valence-electron chi connectivity index (χ1n) is 24.3. The van der Waals surface area contributed by atoms with Gasteiger partial charge < -0.3 is 18.6 Å². The third kappa shape index (κ3) is 22.9. The molecule has 0 fully saturated rings. The van der Waals surface area contributed by atoms with Crippen molar-refractivity contribution in [1.29, 1.82) is 0 Å². The van der Waals surface area contributed by atoms with E-state index < -0.39 is 31.3 Å². The zero-order valence-corrected chi connectivity index (χ0v) is 51.6. The molecule has 0 amide bonds. The molecule has 7 aromatic carbocycles. The van der Waals surface area contributed by atoms with E-state index in [9.17, 15) is 35.9 Å². The number of methoxy groups -OCH3 is 2. The van der Waals surface area contributed by atoms with E-state index in [2.05, 4.69) is 147 Å². The first-order chi connectivity index (χ1) is 37.4. The van der Waals surface area contributed by atoms with Gasteiger partial charge in [-0.15, -0.1) is 0 Å². The number of rotatable bonds is 9. The molecule has 0 saturated carbocycles. The number of carbonyl (C=O) groups is 2. The molecule has 0 N–H and O–H groups in total. The fourth-order valence-corrected chi connectivity index (χ4v) is 11.9. The molecule has 0 spiro atoms. The summed E-state index contributed by atoms with van der Waals surface area (Å²) < 4.78 is 131. The Kier molecular flexibility index (Phi) is 25.8. The molecule has 0 aliphatic carbocycles. The van der Waals surface area contributed by atoms with Gasteiger partial charge in [-0.3, -0.25) is 0 Å². The first-order valence-corrected chi connectivity index (χ1v) is 31.3. The van der Waals surface area contributed by atoms with Crippen LogP contribution in [0.5, 0.6) is 0 Å². The lowest BCUT2D eigenvalue weighted by molar-refractivity contribution is -0.597. The maximum atomic E-state index is 12.4. The van der Waals surface area contributed by atoms with Crippen LogP contribution >= 0.6 is 11.8 Å². The average Bonchev–Trinajstić information content (AvgIpc) is 3.41. The van der Waals surface area contributed by atoms with E-state index in [4.69, 9.17) is 35.4 Å². The fourth-order valence-electron chi connectivity index (χ4n) is 6.56. The lowest BCUT2D eigenvalue weighted by atomic mass is 9.87. The van der Waals surface area contributed by atoms with Crippen LogP contribution in [0.15, 0.2) is 206 Å². The molecule has 0 aliphatic heterocycles. The van der Waals surface area contributed by atoms with Crippen molar-refractivity contribution in [2.75, 3.05) is 14.2 Å². The van der Waals surface area contributed by atoms with Gasteiger partial charge in [-0.25, -0.2) is 26.4 Å². The number of esters is 2. The maximum Gasteiger partial charge on any atom is 0.485 e. The van der Waals surface area contributed by atoms with Gasteiger partial charge in [0.15, 0.2) is 42.1 Å². The average molecular weight is 1310 g/mol. The van der Waals surface area contributed by atoms with Crippen molar-refractivity contribution in [3.8, 4) is 0 Å². The second-order valence-electron chi connectivity index (χ2n) is 20.2. The molecule has 1 unspecified atom stereocenters. The molecule has 81 heavy (non-hydrogen) atoms. The van der Waals surface area contributed by atoms with Crippen molar-refractivity contribution in [3.05, 3.63) is 217 Å². The van der Waals surface area contributed by atoms with Crippen LogP contribution in [0.4, 0.5) is 26.3 Å². The number of alkyl halides is 6. The lowest BCUT2D eigenvalue weighted by Crippen LogP contribution is -3.61. The van der Waals surface area contributed by atoms with Gasteiger partial charge in [0.1, 0.15) is 16.5 Å². The van der Waals surface area contributed by atoms with Crippen LogP contribution in [-0.2, 0) is 56.8 Å². The van der Waals surface area contributed by atoms with Crippen molar-refractivity contribution >= 4 is 54.8 Å². The Balaban J connectivity index is 0.000000286. The highest BCUT2D eigenvalue weighted by molar-refractivity contribution is 7.99. The van der Waals surface area contributed by atoms with E-state index in [0.29, 0.717) is 11.1 Å². The van der Waals surface area contributed by atoms with E-state index in [0.717, 1.165) is 14.7 Å². The molecule has 0 radical (unpaired) electrons. The predicted molar refractivity (Wildman–Crippen MR) is 299 cm³/mol. The molecule has 7 aromatic rings. The maximum absolute atomic E-state index is 12.4. The Bertz CT molecular complexity index is 3230. The molecule has 7 rings (SSSR count). The Labute approximate surface area is 489 Å². The molecule has 10 nitrogen and oxygen atoms in total. The van der Waals surface area contributed by atoms with Crippen LogP contribution in [0, 0.1) is 7.14 Å². The predicted octanol–water partition coefficient (Wildman–Crippen LogP) is 12.0. The monoisotopic (exact) mass is 1310 g/mol. The third-order valence-electron chi connectivity index (χ3n) is 10.9. The van der Waals surface area contributed by atoms with Crippen molar-refractivity contribution in [1.82, 2.24) is 0 Å². The summed E-state index contributed by atoms with van der Waals surface area (Å²) in [6.07, 6.45) is 0. The Morgan fingerprint density at radius 3 is 1.12 bits per heavy atom. The lowest BCUT2D eigenvalue weighted by Gasteiger charge is -2.19. The van der Waals surface area contributed by atoms with E-state index in [1.54, 1.807) is 17.8 Å². The number of hydrogen-bond acceptors (Lipinski definition) is 11. The highest BCUT2D eigenvalue weighted by atomic mass is 127. The van der Waals surface area contributed by atoms with E-state index in [-0.39, 0.29) is 60.3 Å². The summed E-state index contributed by atoms with van der Waals surface area (Å²) in [7, 11) is -9.74. The standard InChI is InChI=1S/C24H25O2S.C20H26I.C14H12O2S.2CHF3O3S/c1-24(2,3)18-14-16-20(17-15-18)27(19-10-6-5-7-11-19)22-13-9-8-12-21(22)23(25)26-4;1-19(2,3)15-7-11-17(12-8-15)21-18-13-9-16(10-14-18)20(4,5)6;1-16-14(15)12-9-5-6-10-13(12)17-11-7-3-2-4-8-11;2*2-1(3,4)8(5,6)7/h5-17H,1-4H3;7-14H,1-6H3;2-10H,1H3;2*(H,5,6,7)/q2*+1;;;/p-2. The molecule has 1 atom stereocenters. The van der Waals surface area contributed by atoms with E-state index >= 15 is 0 Å². The van der Waals surface area contributed by atoms with Crippen molar-refractivity contribution in [3.63, 3.8) is 0 Å². The van der Waals surface area contributed by atoms with Gasteiger partial charge in [0.25, 0.3) is 0 Å². The van der Waals surface area contributed by atoms with Crippen LogP contribution in [0.25, 0.3) is 0 Å². The number of benzene rings is 7. The molecule has 0 heterocycles. The number of carbonyl (C=O) groups excluding carboxylic acids is 2. The topological polar surface area (TPSA) is 167 Å². The molecule has 0 aliphatic rings. The summed E-state index contributed by atoms with van der Waals surface area (Å²) in [4.78, 5) is 29.3. The fraction of sp³-hybridized carbons (Fsp3) is 0.267. The summed E-state index contributed by atoms with van der Waals surface area (Å²) in [5.74, 6) is -0.602. The minimum Gasteiger partial charge on any atom is -0.741 e. The third-order valence-corrected chi connectivity index (χ3v) is 18.1. The minimum atomic E-state index is -6.09. The van der Waals surface area contributed by atoms with Crippen molar-refractivity contribution in [2.24, 2.45) is 0 Å². The zero-order valence-electron chi connectivity index (χ0n) is 46.2. The molecule has 21 heteroatoms. The van der Waals surface area contributed by atoms with Gasteiger partial charge in [-0.2, -0.15) is 26.3 Å². The number of ether oxygens (including phenoxy) is 2. The molecule has 0 saturated heterocycles. The minimum absolute atomic E-state index is 0.0703. The van der Waals surface area contributed by atoms with Gasteiger partial charge in [0.05, 0.1) is 19.8 Å².